The number of amides is 2. The van der Waals surface area contributed by atoms with Gasteiger partial charge in [0.1, 0.15) is 11.3 Å². The van der Waals surface area contributed by atoms with Crippen LogP contribution in [0, 0.1) is 0 Å². The van der Waals surface area contributed by atoms with Crippen molar-refractivity contribution in [1.82, 2.24) is 10.6 Å². The summed E-state index contributed by atoms with van der Waals surface area (Å²) >= 11 is 0. The molecule has 3 N–H and O–H groups in total. The Labute approximate surface area is 124 Å². The number of hydrogen-bond acceptors (Lipinski definition) is 5. The zero-order valence-corrected chi connectivity index (χ0v) is 13.6. The van der Waals surface area contributed by atoms with Crippen LogP contribution in [0.25, 0.3) is 0 Å². The second-order valence-corrected chi connectivity index (χ2v) is 8.17. The van der Waals surface area contributed by atoms with Crippen molar-refractivity contribution in [3.63, 3.8) is 0 Å². The number of carboxylic acids is 1. The molecule has 0 fully saturated rings. The van der Waals surface area contributed by atoms with Crippen LogP contribution >= 0.6 is 0 Å². The van der Waals surface area contributed by atoms with Crippen LogP contribution in [-0.2, 0) is 24.2 Å². The molecule has 0 aromatic carbocycles. The second kappa shape index (κ2) is 6.88. The third-order valence-corrected chi connectivity index (χ3v) is 4.57. The van der Waals surface area contributed by atoms with Gasteiger partial charge in [-0.1, -0.05) is 0 Å². The summed E-state index contributed by atoms with van der Waals surface area (Å²) in [7, 11) is -4.03. The standard InChI is InChI=1S/C12H22N2O6S/c1-7(10(16)14-12(3,4)5)21(19,20)6-9(11(17)18)13-8(2)15/h7,9H,6H2,1-5H3,(H,13,15)(H,14,16)(H,17,18)/t7?,9-/m0/s1. The largest absolute Gasteiger partial charge is 0.480 e. The van der Waals surface area contributed by atoms with Crippen LogP contribution in [0.4, 0.5) is 0 Å². The van der Waals surface area contributed by atoms with Crippen LogP contribution in [0.1, 0.15) is 34.6 Å². The highest BCUT2D eigenvalue weighted by atomic mass is 32.2. The molecule has 0 bridgehead atoms. The maximum absolute atomic E-state index is 12.1. The van der Waals surface area contributed by atoms with Crippen LogP contribution in [0.5, 0.6) is 0 Å². The fraction of sp³-hybridized carbons (Fsp3) is 0.750. The first-order chi connectivity index (χ1) is 9.26. The van der Waals surface area contributed by atoms with Crippen molar-refractivity contribution in [3.05, 3.63) is 0 Å². The summed E-state index contributed by atoms with van der Waals surface area (Å²) in [4.78, 5) is 33.7. The van der Waals surface area contributed by atoms with Crippen LogP contribution < -0.4 is 10.6 Å². The summed E-state index contributed by atoms with van der Waals surface area (Å²) in [5.74, 6) is -3.70. The van der Waals surface area contributed by atoms with Crippen molar-refractivity contribution in [1.29, 1.82) is 0 Å². The molecule has 0 saturated heterocycles. The van der Waals surface area contributed by atoms with E-state index in [9.17, 15) is 22.8 Å². The monoisotopic (exact) mass is 322 g/mol. The average Bonchev–Trinajstić information content (AvgIpc) is 2.23. The number of nitrogens with one attached hydrogen (secondary N) is 2. The number of carbonyl (C=O) groups excluding carboxylic acids is 2. The molecule has 1 unspecified atom stereocenters. The van der Waals surface area contributed by atoms with E-state index in [-0.39, 0.29) is 0 Å². The zero-order chi connectivity index (χ0) is 17.0. The van der Waals surface area contributed by atoms with E-state index in [4.69, 9.17) is 5.11 Å². The summed E-state index contributed by atoms with van der Waals surface area (Å²) in [5.41, 5.74) is -0.606. The maximum atomic E-state index is 12.1. The number of sulfone groups is 1. The van der Waals surface area contributed by atoms with Crippen molar-refractivity contribution in [2.24, 2.45) is 0 Å². The van der Waals surface area contributed by atoms with E-state index < -0.39 is 50.2 Å². The van der Waals surface area contributed by atoms with Gasteiger partial charge in [-0.2, -0.15) is 0 Å². The van der Waals surface area contributed by atoms with E-state index in [1.54, 1.807) is 20.8 Å². The van der Waals surface area contributed by atoms with Crippen LogP contribution in [0.3, 0.4) is 0 Å². The van der Waals surface area contributed by atoms with Crippen molar-refractivity contribution in [2.45, 2.75) is 51.4 Å². The Morgan fingerprint density at radius 2 is 1.67 bits per heavy atom. The minimum atomic E-state index is -4.03. The summed E-state index contributed by atoms with van der Waals surface area (Å²) in [6.45, 7) is 7.35. The molecular weight excluding hydrogens is 300 g/mol. The first-order valence-electron chi connectivity index (χ1n) is 6.30. The molecule has 0 aliphatic carbocycles. The molecule has 0 spiro atoms. The molecule has 0 saturated carbocycles. The van der Waals surface area contributed by atoms with Crippen molar-refractivity contribution >= 4 is 27.6 Å². The first-order valence-corrected chi connectivity index (χ1v) is 8.01. The van der Waals surface area contributed by atoms with Gasteiger partial charge in [0.2, 0.25) is 11.8 Å². The normalized spacial score (nSPS) is 14.9. The number of carbonyl (C=O) groups is 3. The van der Waals surface area contributed by atoms with Gasteiger partial charge in [0.15, 0.2) is 9.84 Å². The maximum Gasteiger partial charge on any atom is 0.327 e. The molecule has 0 rings (SSSR count). The van der Waals surface area contributed by atoms with Gasteiger partial charge in [-0.15, -0.1) is 0 Å². The van der Waals surface area contributed by atoms with E-state index >= 15 is 0 Å². The summed E-state index contributed by atoms with van der Waals surface area (Å²) in [5, 5.41) is 12.0. The molecule has 0 aliphatic rings. The van der Waals surface area contributed by atoms with Crippen LogP contribution in [0.2, 0.25) is 0 Å². The quantitative estimate of drug-likeness (QED) is 0.592. The molecule has 0 aliphatic heterocycles. The Morgan fingerprint density at radius 3 is 2.00 bits per heavy atom. The molecule has 122 valence electrons. The zero-order valence-electron chi connectivity index (χ0n) is 12.8. The van der Waals surface area contributed by atoms with Crippen molar-refractivity contribution in [2.75, 3.05) is 5.75 Å². The Bertz CT molecular complexity index is 520. The Hall–Kier alpha value is -1.64. The van der Waals surface area contributed by atoms with Gasteiger partial charge in [0.05, 0.1) is 5.75 Å². The highest BCUT2D eigenvalue weighted by Gasteiger charge is 2.34. The van der Waals surface area contributed by atoms with Gasteiger partial charge in [0.25, 0.3) is 0 Å². The highest BCUT2D eigenvalue weighted by molar-refractivity contribution is 7.92. The molecule has 2 amide bonds. The molecule has 0 aromatic rings. The number of carboxylic acid groups (broad SMARTS) is 1. The lowest BCUT2D eigenvalue weighted by Crippen LogP contribution is -2.51. The van der Waals surface area contributed by atoms with Crippen LogP contribution in [0.15, 0.2) is 0 Å². The fourth-order valence-electron chi connectivity index (χ4n) is 1.43. The molecular formula is C12H22N2O6S. The van der Waals surface area contributed by atoms with Gasteiger partial charge >= 0.3 is 5.97 Å². The molecule has 0 radical (unpaired) electrons. The Kier molecular flexibility index (Phi) is 6.34. The first kappa shape index (κ1) is 19.4. The smallest absolute Gasteiger partial charge is 0.327 e. The van der Waals surface area contributed by atoms with E-state index in [2.05, 4.69) is 5.32 Å². The Balaban J connectivity index is 5.06. The number of aliphatic carboxylic acids is 1. The lowest BCUT2D eigenvalue weighted by atomic mass is 10.1. The molecule has 2 atom stereocenters. The number of hydrogen-bond donors (Lipinski definition) is 3. The second-order valence-electron chi connectivity index (χ2n) is 5.80. The van der Waals surface area contributed by atoms with Crippen molar-refractivity contribution in [3.8, 4) is 0 Å². The number of rotatable bonds is 6. The minimum Gasteiger partial charge on any atom is -0.480 e. The topological polar surface area (TPSA) is 130 Å². The van der Waals surface area contributed by atoms with Crippen molar-refractivity contribution < 1.29 is 27.9 Å². The van der Waals surface area contributed by atoms with Gasteiger partial charge in [-0.25, -0.2) is 13.2 Å². The third kappa shape index (κ3) is 7.07. The lowest BCUT2D eigenvalue weighted by Gasteiger charge is -2.24. The van der Waals surface area contributed by atoms with E-state index in [1.807, 2.05) is 5.32 Å². The molecule has 0 aromatic heterocycles. The van der Waals surface area contributed by atoms with E-state index in [0.29, 0.717) is 0 Å². The van der Waals surface area contributed by atoms with Gasteiger partial charge in [-0.3, -0.25) is 9.59 Å². The lowest BCUT2D eigenvalue weighted by molar-refractivity contribution is -0.140. The molecule has 21 heavy (non-hydrogen) atoms. The van der Waals surface area contributed by atoms with E-state index in [0.717, 1.165) is 6.92 Å². The predicted molar refractivity (Wildman–Crippen MR) is 76.4 cm³/mol. The average molecular weight is 322 g/mol. The minimum absolute atomic E-state index is 0.606. The molecule has 0 heterocycles. The highest BCUT2D eigenvalue weighted by Crippen LogP contribution is 2.08. The SMILES string of the molecule is CC(=O)N[C@@H](CS(=O)(=O)C(C)C(=O)NC(C)(C)C)C(=O)O. The summed E-state index contributed by atoms with van der Waals surface area (Å²) < 4.78 is 24.2. The van der Waals surface area contributed by atoms with Gasteiger partial charge in [-0.05, 0) is 27.7 Å². The summed E-state index contributed by atoms with van der Waals surface area (Å²) in [6, 6.07) is -1.59. The van der Waals surface area contributed by atoms with E-state index in [1.165, 1.54) is 6.92 Å². The van der Waals surface area contributed by atoms with Gasteiger partial charge in [0, 0.05) is 12.5 Å². The molecule has 9 heteroatoms. The third-order valence-electron chi connectivity index (χ3n) is 2.48. The summed E-state index contributed by atoms with van der Waals surface area (Å²) in [6.07, 6.45) is 0. The van der Waals surface area contributed by atoms with Gasteiger partial charge < -0.3 is 15.7 Å². The fourth-order valence-corrected chi connectivity index (χ4v) is 2.80. The Morgan fingerprint density at radius 1 is 1.19 bits per heavy atom. The van der Waals surface area contributed by atoms with Crippen LogP contribution in [-0.4, -0.2) is 53.9 Å². The predicted octanol–water partition coefficient (Wildman–Crippen LogP) is -0.706. The molecule has 8 nitrogen and oxygen atoms in total.